The van der Waals surface area contributed by atoms with Crippen molar-refractivity contribution in [3.63, 3.8) is 0 Å². The van der Waals surface area contributed by atoms with E-state index in [0.29, 0.717) is 11.9 Å². The van der Waals surface area contributed by atoms with Crippen LogP contribution in [0.4, 0.5) is 11.8 Å². The first-order valence-electron chi connectivity index (χ1n) is 7.67. The van der Waals surface area contributed by atoms with Crippen molar-refractivity contribution in [3.05, 3.63) is 47.2 Å². The molecule has 0 radical (unpaired) electrons. The van der Waals surface area contributed by atoms with Gasteiger partial charge in [0.05, 0.1) is 0 Å². The van der Waals surface area contributed by atoms with E-state index in [9.17, 15) is 0 Å². The Morgan fingerprint density at radius 2 is 2.04 bits per heavy atom. The molecule has 2 aromatic heterocycles. The number of benzene rings is 1. The summed E-state index contributed by atoms with van der Waals surface area (Å²) in [5, 5.41) is 8.73. The van der Waals surface area contributed by atoms with Gasteiger partial charge in [-0.3, -0.25) is 4.40 Å². The highest BCUT2D eigenvalue weighted by molar-refractivity contribution is 6.30. The Balaban J connectivity index is 1.61. The predicted molar refractivity (Wildman–Crippen MR) is 90.8 cm³/mol. The minimum Gasteiger partial charge on any atom is -0.369 e. The van der Waals surface area contributed by atoms with Gasteiger partial charge in [-0.25, -0.2) is 0 Å². The molecule has 1 aromatic carbocycles. The molecule has 3 heterocycles. The Hall–Kier alpha value is -2.34. The van der Waals surface area contributed by atoms with Gasteiger partial charge in [0.2, 0.25) is 5.95 Å². The Bertz CT molecular complexity index is 828. The number of halogens is 1. The van der Waals surface area contributed by atoms with Gasteiger partial charge >= 0.3 is 0 Å². The zero-order chi connectivity index (χ0) is 15.8. The topological polar surface area (TPSA) is 72.3 Å². The van der Waals surface area contributed by atoms with E-state index in [4.69, 9.17) is 17.3 Å². The number of anilines is 2. The van der Waals surface area contributed by atoms with Crippen LogP contribution in [0.5, 0.6) is 0 Å². The minimum atomic E-state index is 0.413. The van der Waals surface area contributed by atoms with Crippen molar-refractivity contribution in [3.8, 4) is 0 Å². The van der Waals surface area contributed by atoms with Crippen LogP contribution >= 0.6 is 11.6 Å². The standard InChI is InChI=1S/C16H17ClN6/c17-13-5-3-11(4-6-13)12-2-1-7-22(9-12)14-8-15-21-19-10-23(15)16(18)20-14/h3-6,8,10,12H,1-2,7,9H2,(H2,18,20). The number of nitrogen functional groups attached to an aromatic ring is 1. The van der Waals surface area contributed by atoms with E-state index in [1.54, 1.807) is 10.7 Å². The van der Waals surface area contributed by atoms with Gasteiger partial charge in [-0.15, -0.1) is 10.2 Å². The summed E-state index contributed by atoms with van der Waals surface area (Å²) < 4.78 is 1.68. The first-order chi connectivity index (χ1) is 11.2. The van der Waals surface area contributed by atoms with E-state index in [0.717, 1.165) is 36.0 Å². The van der Waals surface area contributed by atoms with E-state index in [1.807, 2.05) is 18.2 Å². The van der Waals surface area contributed by atoms with E-state index in [-0.39, 0.29) is 0 Å². The molecule has 0 aliphatic carbocycles. The number of aromatic nitrogens is 4. The van der Waals surface area contributed by atoms with Crippen LogP contribution in [0.2, 0.25) is 5.02 Å². The van der Waals surface area contributed by atoms with Gasteiger partial charge in [-0.05, 0) is 30.5 Å². The van der Waals surface area contributed by atoms with Gasteiger partial charge in [0.25, 0.3) is 0 Å². The maximum absolute atomic E-state index is 6.00. The zero-order valence-corrected chi connectivity index (χ0v) is 13.3. The molecular weight excluding hydrogens is 312 g/mol. The Morgan fingerprint density at radius 3 is 2.87 bits per heavy atom. The summed E-state index contributed by atoms with van der Waals surface area (Å²) in [6, 6.07) is 10.1. The number of piperidine rings is 1. The largest absolute Gasteiger partial charge is 0.369 e. The fourth-order valence-corrected chi connectivity index (χ4v) is 3.32. The van der Waals surface area contributed by atoms with Crippen molar-refractivity contribution in [2.24, 2.45) is 0 Å². The second kappa shape index (κ2) is 5.70. The van der Waals surface area contributed by atoms with E-state index in [2.05, 4.69) is 32.2 Å². The summed E-state index contributed by atoms with van der Waals surface area (Å²) in [7, 11) is 0. The molecule has 0 spiro atoms. The highest BCUT2D eigenvalue weighted by Gasteiger charge is 2.23. The van der Waals surface area contributed by atoms with Crippen LogP contribution in [0.15, 0.2) is 36.7 Å². The number of hydrogen-bond donors (Lipinski definition) is 1. The van der Waals surface area contributed by atoms with Crippen molar-refractivity contribution in [1.82, 2.24) is 19.6 Å². The smallest absolute Gasteiger partial charge is 0.209 e. The summed E-state index contributed by atoms with van der Waals surface area (Å²) in [6.07, 6.45) is 3.86. The summed E-state index contributed by atoms with van der Waals surface area (Å²) in [5.41, 5.74) is 8.04. The van der Waals surface area contributed by atoms with Gasteiger partial charge in [0.1, 0.15) is 12.1 Å². The Labute approximate surface area is 138 Å². The number of fused-ring (bicyclic) bond motifs is 1. The lowest BCUT2D eigenvalue weighted by Gasteiger charge is -2.34. The third-order valence-corrected chi connectivity index (χ3v) is 4.65. The van der Waals surface area contributed by atoms with Crippen molar-refractivity contribution in [2.75, 3.05) is 23.7 Å². The van der Waals surface area contributed by atoms with Gasteiger partial charge < -0.3 is 10.6 Å². The summed E-state index contributed by atoms with van der Waals surface area (Å²) in [4.78, 5) is 6.78. The lowest BCUT2D eigenvalue weighted by atomic mass is 9.91. The van der Waals surface area contributed by atoms with Crippen LogP contribution in [-0.4, -0.2) is 32.7 Å². The van der Waals surface area contributed by atoms with Crippen molar-refractivity contribution in [2.45, 2.75) is 18.8 Å². The van der Waals surface area contributed by atoms with Crippen LogP contribution in [0.3, 0.4) is 0 Å². The Kier molecular flexibility index (Phi) is 3.53. The molecule has 0 bridgehead atoms. The average Bonchev–Trinajstić information content (AvgIpc) is 3.05. The third-order valence-electron chi connectivity index (χ3n) is 4.40. The molecule has 1 aliphatic heterocycles. The molecule has 23 heavy (non-hydrogen) atoms. The molecule has 0 saturated carbocycles. The average molecular weight is 329 g/mol. The molecule has 2 N–H and O–H groups in total. The molecule has 1 unspecified atom stereocenters. The second-order valence-corrected chi connectivity index (χ2v) is 6.30. The molecule has 1 saturated heterocycles. The second-order valence-electron chi connectivity index (χ2n) is 5.87. The van der Waals surface area contributed by atoms with Crippen LogP contribution < -0.4 is 10.6 Å². The predicted octanol–water partition coefficient (Wildman–Crippen LogP) is 2.74. The molecule has 4 rings (SSSR count). The van der Waals surface area contributed by atoms with Crippen LogP contribution in [-0.2, 0) is 0 Å². The van der Waals surface area contributed by atoms with E-state index in [1.165, 1.54) is 12.0 Å². The third kappa shape index (κ3) is 2.70. The SMILES string of the molecule is Nc1nc(N2CCCC(c3ccc(Cl)cc3)C2)cc2nncn12. The van der Waals surface area contributed by atoms with E-state index < -0.39 is 0 Å². The van der Waals surface area contributed by atoms with Gasteiger partial charge in [-0.2, -0.15) is 4.98 Å². The van der Waals surface area contributed by atoms with Crippen LogP contribution in [0, 0.1) is 0 Å². The highest BCUT2D eigenvalue weighted by Crippen LogP contribution is 2.30. The summed E-state index contributed by atoms with van der Waals surface area (Å²) >= 11 is 5.99. The number of rotatable bonds is 2. The molecule has 7 heteroatoms. The van der Waals surface area contributed by atoms with Crippen LogP contribution in [0.1, 0.15) is 24.3 Å². The maximum Gasteiger partial charge on any atom is 0.209 e. The lowest BCUT2D eigenvalue weighted by Crippen LogP contribution is -2.35. The van der Waals surface area contributed by atoms with Gasteiger partial charge in [0, 0.05) is 30.1 Å². The fraction of sp³-hybridized carbons (Fsp3) is 0.312. The molecule has 118 valence electrons. The summed E-state index contributed by atoms with van der Waals surface area (Å²) in [5.74, 6) is 1.75. The van der Waals surface area contributed by atoms with Crippen LogP contribution in [0.25, 0.3) is 5.65 Å². The molecule has 1 aliphatic rings. The fourth-order valence-electron chi connectivity index (χ4n) is 3.19. The first kappa shape index (κ1) is 14.3. The number of nitrogens with zero attached hydrogens (tertiary/aromatic N) is 5. The monoisotopic (exact) mass is 328 g/mol. The van der Waals surface area contributed by atoms with Crippen molar-refractivity contribution in [1.29, 1.82) is 0 Å². The summed E-state index contributed by atoms with van der Waals surface area (Å²) in [6.45, 7) is 1.89. The van der Waals surface area contributed by atoms with Gasteiger partial charge in [-0.1, -0.05) is 23.7 Å². The molecule has 3 aromatic rings. The number of hydrogen-bond acceptors (Lipinski definition) is 5. The molecule has 1 atom stereocenters. The molecular formula is C16H17ClN6. The maximum atomic E-state index is 6.00. The van der Waals surface area contributed by atoms with E-state index >= 15 is 0 Å². The van der Waals surface area contributed by atoms with Gasteiger partial charge in [0.15, 0.2) is 5.65 Å². The normalized spacial score (nSPS) is 18.5. The lowest BCUT2D eigenvalue weighted by molar-refractivity contribution is 0.507. The molecule has 0 amide bonds. The minimum absolute atomic E-state index is 0.413. The molecule has 6 nitrogen and oxygen atoms in total. The quantitative estimate of drug-likeness (QED) is 0.783. The highest BCUT2D eigenvalue weighted by atomic mass is 35.5. The Morgan fingerprint density at radius 1 is 1.22 bits per heavy atom. The first-order valence-corrected chi connectivity index (χ1v) is 8.05. The van der Waals surface area contributed by atoms with Crippen molar-refractivity contribution >= 4 is 29.0 Å². The number of nitrogens with two attached hydrogens (primary N) is 1. The zero-order valence-electron chi connectivity index (χ0n) is 12.6. The molecule has 1 fully saturated rings. The van der Waals surface area contributed by atoms with Crippen molar-refractivity contribution < 1.29 is 0 Å².